The fourth-order valence-corrected chi connectivity index (χ4v) is 5.33. The molecule has 1 fully saturated rings. The number of benzene rings is 1. The second-order valence-corrected chi connectivity index (χ2v) is 10.4. The smallest absolute Gasteiger partial charge is 0.170 e. The summed E-state index contributed by atoms with van der Waals surface area (Å²) in [7, 11) is 2.13. The van der Waals surface area contributed by atoms with E-state index in [1.54, 1.807) is 0 Å². The Morgan fingerprint density at radius 3 is 2.65 bits per heavy atom. The molecule has 164 valence electrons. The number of nitrogens with zero attached hydrogens (tertiary/aromatic N) is 3. The van der Waals surface area contributed by atoms with Crippen LogP contribution in [0.3, 0.4) is 0 Å². The van der Waals surface area contributed by atoms with E-state index in [1.165, 1.54) is 11.1 Å². The number of anilines is 1. The van der Waals surface area contributed by atoms with E-state index >= 15 is 0 Å². The zero-order valence-corrected chi connectivity index (χ0v) is 20.7. The monoisotopic (exact) mass is 454 g/mol. The Balaban J connectivity index is 1.86. The minimum Gasteiger partial charge on any atom is -0.365 e. The van der Waals surface area contributed by atoms with Gasteiger partial charge in [-0.15, -0.1) is 0 Å². The first kappa shape index (κ1) is 22.1. The van der Waals surface area contributed by atoms with Crippen molar-refractivity contribution in [1.82, 2.24) is 15.2 Å². The maximum absolute atomic E-state index is 6.99. The third-order valence-electron chi connectivity index (χ3n) is 6.41. The molecule has 0 spiro atoms. The van der Waals surface area contributed by atoms with Crippen LogP contribution in [0.4, 0.5) is 5.69 Å². The number of halogens is 1. The van der Waals surface area contributed by atoms with E-state index in [1.807, 2.05) is 18.3 Å². The number of nitrogens with one attached hydrogen (secondary N) is 1. The first-order valence-corrected chi connectivity index (χ1v) is 11.6. The van der Waals surface area contributed by atoms with Crippen molar-refractivity contribution < 1.29 is 0 Å². The van der Waals surface area contributed by atoms with Crippen LogP contribution in [0.25, 0.3) is 5.57 Å². The van der Waals surface area contributed by atoms with Gasteiger partial charge >= 0.3 is 0 Å². The molecule has 1 aromatic carbocycles. The molecule has 0 radical (unpaired) electrons. The summed E-state index contributed by atoms with van der Waals surface area (Å²) >= 11 is 12.8. The van der Waals surface area contributed by atoms with Crippen LogP contribution in [0, 0.1) is 5.92 Å². The van der Waals surface area contributed by atoms with Crippen LogP contribution in [0.15, 0.2) is 42.6 Å². The van der Waals surface area contributed by atoms with Crippen LogP contribution in [0.2, 0.25) is 5.02 Å². The molecule has 4 nitrogen and oxygen atoms in total. The van der Waals surface area contributed by atoms with Crippen molar-refractivity contribution in [2.45, 2.75) is 52.2 Å². The minimum atomic E-state index is -0.0570. The molecule has 2 aromatic rings. The predicted molar refractivity (Wildman–Crippen MR) is 135 cm³/mol. The predicted octanol–water partition coefficient (Wildman–Crippen LogP) is 6.00. The van der Waals surface area contributed by atoms with Crippen molar-refractivity contribution in [1.29, 1.82) is 0 Å². The normalized spacial score (nSPS) is 22.5. The highest BCUT2D eigenvalue weighted by atomic mass is 35.5. The van der Waals surface area contributed by atoms with Gasteiger partial charge in [-0.3, -0.25) is 4.98 Å². The Labute approximate surface area is 196 Å². The average Bonchev–Trinajstić information content (AvgIpc) is 3.02. The average molecular weight is 455 g/mol. The van der Waals surface area contributed by atoms with Crippen LogP contribution in [0.1, 0.15) is 63.5 Å². The maximum Gasteiger partial charge on any atom is 0.170 e. The lowest BCUT2D eigenvalue weighted by Crippen LogP contribution is -2.42. The zero-order chi connectivity index (χ0) is 22.5. The summed E-state index contributed by atoms with van der Waals surface area (Å²) in [4.78, 5) is 9.21. The largest absolute Gasteiger partial charge is 0.365 e. The Bertz CT molecular complexity index is 1030. The van der Waals surface area contributed by atoms with E-state index in [9.17, 15) is 0 Å². The van der Waals surface area contributed by atoms with Crippen molar-refractivity contribution >= 4 is 40.2 Å². The summed E-state index contributed by atoms with van der Waals surface area (Å²) in [5.74, 6) is 0.467. The molecule has 0 saturated carbocycles. The summed E-state index contributed by atoms with van der Waals surface area (Å²) in [6.07, 6.45) is 4.16. The van der Waals surface area contributed by atoms with Crippen LogP contribution in [-0.2, 0) is 0 Å². The molecule has 1 N–H and O–H groups in total. The molecule has 0 aliphatic carbocycles. The van der Waals surface area contributed by atoms with Gasteiger partial charge in [0.15, 0.2) is 5.11 Å². The second-order valence-electron chi connectivity index (χ2n) is 9.60. The van der Waals surface area contributed by atoms with Crippen molar-refractivity contribution in [2.24, 2.45) is 5.92 Å². The molecule has 1 aromatic heterocycles. The van der Waals surface area contributed by atoms with Gasteiger partial charge in [0.05, 0.1) is 23.3 Å². The number of thiocarbonyl (C=S) groups is 1. The van der Waals surface area contributed by atoms with Crippen molar-refractivity contribution in [2.75, 3.05) is 18.5 Å². The molecular weight excluding hydrogens is 424 g/mol. The Morgan fingerprint density at radius 2 is 2.00 bits per heavy atom. The Hall–Kier alpha value is -2.11. The summed E-state index contributed by atoms with van der Waals surface area (Å²) in [6.45, 7) is 11.9. The summed E-state index contributed by atoms with van der Waals surface area (Å²) in [5.41, 5.74) is 5.67. The number of aromatic nitrogens is 1. The van der Waals surface area contributed by atoms with Gasteiger partial charge in [0.2, 0.25) is 0 Å². The fourth-order valence-electron chi connectivity index (χ4n) is 4.75. The van der Waals surface area contributed by atoms with Gasteiger partial charge in [-0.05, 0) is 74.3 Å². The lowest BCUT2D eigenvalue weighted by molar-refractivity contribution is 0.288. The van der Waals surface area contributed by atoms with Crippen LogP contribution in [-0.4, -0.2) is 34.1 Å². The highest BCUT2D eigenvalue weighted by Crippen LogP contribution is 2.46. The molecular formula is C25H31ClN4S. The molecule has 1 saturated heterocycles. The Kier molecular flexibility index (Phi) is 5.78. The van der Waals surface area contributed by atoms with E-state index in [0.717, 1.165) is 33.6 Å². The molecule has 31 heavy (non-hydrogen) atoms. The number of likely N-dealkylation sites (N-methyl/N-ethyl adjacent to an activating group) is 1. The third-order valence-corrected chi connectivity index (χ3v) is 7.09. The van der Waals surface area contributed by atoms with Crippen molar-refractivity contribution in [3.63, 3.8) is 0 Å². The van der Waals surface area contributed by atoms with Gasteiger partial charge < -0.3 is 15.1 Å². The summed E-state index contributed by atoms with van der Waals surface area (Å²) in [5, 5.41) is 5.05. The van der Waals surface area contributed by atoms with E-state index in [4.69, 9.17) is 23.8 Å². The molecule has 0 amide bonds. The fraction of sp³-hybridized carbons (Fsp3) is 0.440. The van der Waals surface area contributed by atoms with E-state index in [-0.39, 0.29) is 17.6 Å². The quantitative estimate of drug-likeness (QED) is 0.573. The van der Waals surface area contributed by atoms with Gasteiger partial charge in [-0.2, -0.15) is 0 Å². The summed E-state index contributed by atoms with van der Waals surface area (Å²) in [6, 6.07) is 10.3. The molecule has 6 heteroatoms. The standard InChI is InChI=1S/C25H31ClN4S/c1-15(2)14-30-23(22(28-24(30)31)20-9-7-8-10-27-20)18-11-17-16(3)13-25(4,5)29(6)21(17)12-19(18)26/h7-13,15,22-23H,14H2,1-6H3,(H,28,31). The molecule has 2 unspecified atom stereocenters. The molecule has 0 bridgehead atoms. The number of pyridine rings is 1. The SMILES string of the molecule is CC1=CC(C)(C)N(C)c2cc(Cl)c(C3C(c4ccccn4)NC(=S)N3CC(C)C)cc21. The molecule has 2 aliphatic rings. The molecule has 2 aliphatic heterocycles. The highest BCUT2D eigenvalue weighted by Gasteiger charge is 2.41. The first-order chi connectivity index (χ1) is 14.6. The van der Waals surface area contributed by atoms with Crippen molar-refractivity contribution in [3.05, 3.63) is 64.4 Å². The second kappa shape index (κ2) is 8.10. The van der Waals surface area contributed by atoms with Gasteiger partial charge in [-0.25, -0.2) is 0 Å². The third kappa shape index (κ3) is 3.94. The van der Waals surface area contributed by atoms with Crippen molar-refractivity contribution in [3.8, 4) is 0 Å². The number of allylic oxidation sites excluding steroid dienone is 1. The minimum absolute atomic E-state index is 0.0179. The van der Waals surface area contributed by atoms with Gasteiger partial charge in [-0.1, -0.05) is 37.6 Å². The molecule has 3 heterocycles. The van der Waals surface area contributed by atoms with E-state index < -0.39 is 0 Å². The van der Waals surface area contributed by atoms with Crippen LogP contribution >= 0.6 is 23.8 Å². The van der Waals surface area contributed by atoms with Gasteiger partial charge in [0.25, 0.3) is 0 Å². The van der Waals surface area contributed by atoms with E-state index in [2.05, 4.69) is 86.0 Å². The van der Waals surface area contributed by atoms with Gasteiger partial charge in [0.1, 0.15) is 0 Å². The topological polar surface area (TPSA) is 31.4 Å². The number of rotatable bonds is 4. The zero-order valence-electron chi connectivity index (χ0n) is 19.1. The van der Waals surface area contributed by atoms with Gasteiger partial charge in [0, 0.05) is 36.1 Å². The van der Waals surface area contributed by atoms with Crippen LogP contribution in [0.5, 0.6) is 0 Å². The highest BCUT2D eigenvalue weighted by molar-refractivity contribution is 7.80. The lowest BCUT2D eigenvalue weighted by Gasteiger charge is -2.41. The first-order valence-electron chi connectivity index (χ1n) is 10.9. The lowest BCUT2D eigenvalue weighted by atomic mass is 9.86. The number of fused-ring (bicyclic) bond motifs is 1. The van der Waals surface area contributed by atoms with Crippen LogP contribution < -0.4 is 10.2 Å². The molecule has 2 atom stereocenters. The Morgan fingerprint density at radius 1 is 1.26 bits per heavy atom. The maximum atomic E-state index is 6.99. The number of hydrogen-bond donors (Lipinski definition) is 1. The molecule has 4 rings (SSSR count). The van der Waals surface area contributed by atoms with E-state index in [0.29, 0.717) is 5.92 Å². The summed E-state index contributed by atoms with van der Waals surface area (Å²) < 4.78 is 0. The number of hydrogen-bond acceptors (Lipinski definition) is 3.